The predicted molar refractivity (Wildman–Crippen MR) is 36.8 cm³/mol. The molecule has 0 N–H and O–H groups in total. The van der Waals surface area contributed by atoms with Crippen molar-refractivity contribution in [1.29, 1.82) is 0 Å². The maximum atomic E-state index is 5.47. The largest absolute Gasteiger partial charge is 0.426 e. The number of hydrogen-bond acceptors (Lipinski definition) is 3. The zero-order chi connectivity index (χ0) is 6.97. The van der Waals surface area contributed by atoms with Crippen molar-refractivity contribution in [1.82, 2.24) is 9.97 Å². The fraction of sp³-hybridized carbons (Fsp3) is 0. The van der Waals surface area contributed by atoms with Crippen molar-refractivity contribution in [2.45, 2.75) is 0 Å². The number of oxazole rings is 1. The van der Waals surface area contributed by atoms with Crippen molar-refractivity contribution in [2.75, 3.05) is 0 Å². The van der Waals surface area contributed by atoms with Gasteiger partial charge in [0, 0.05) is 6.20 Å². The smallest absolute Gasteiger partial charge is 0.294 e. The Morgan fingerprint density at radius 1 is 1.50 bits per heavy atom. The third-order valence-electron chi connectivity index (χ3n) is 1.14. The molecule has 0 fully saturated rings. The fourth-order valence-electron chi connectivity index (χ4n) is 0.743. The van der Waals surface area contributed by atoms with Crippen molar-refractivity contribution in [3.05, 3.63) is 23.7 Å². The summed E-state index contributed by atoms with van der Waals surface area (Å²) in [6.07, 6.45) is 1.64. The standard InChI is InChI=1S/C6H3ClN2O/c7-6-9-5-4(10-6)2-1-3-8-5/h1-3H. The summed E-state index contributed by atoms with van der Waals surface area (Å²) in [5, 5.41) is 0.133. The Morgan fingerprint density at radius 2 is 2.40 bits per heavy atom. The summed E-state index contributed by atoms with van der Waals surface area (Å²) in [4.78, 5) is 7.71. The van der Waals surface area contributed by atoms with Crippen molar-refractivity contribution >= 4 is 22.8 Å². The Kier molecular flexibility index (Phi) is 1.11. The molecule has 0 spiro atoms. The second kappa shape index (κ2) is 1.95. The van der Waals surface area contributed by atoms with E-state index in [2.05, 4.69) is 9.97 Å². The minimum absolute atomic E-state index is 0.133. The third-order valence-corrected chi connectivity index (χ3v) is 1.30. The molecule has 0 amide bonds. The summed E-state index contributed by atoms with van der Waals surface area (Å²) in [6.45, 7) is 0. The van der Waals surface area contributed by atoms with Gasteiger partial charge in [0.15, 0.2) is 11.2 Å². The first kappa shape index (κ1) is 5.68. The molecule has 0 aliphatic rings. The van der Waals surface area contributed by atoms with Gasteiger partial charge in [0.25, 0.3) is 5.35 Å². The maximum Gasteiger partial charge on any atom is 0.294 e. The van der Waals surface area contributed by atoms with E-state index in [4.69, 9.17) is 16.0 Å². The molecule has 2 aromatic rings. The summed E-state index contributed by atoms with van der Waals surface area (Å²) < 4.78 is 4.96. The zero-order valence-corrected chi connectivity index (χ0v) is 5.67. The summed E-state index contributed by atoms with van der Waals surface area (Å²) in [5.74, 6) is 0. The van der Waals surface area contributed by atoms with Crippen molar-refractivity contribution in [3.63, 3.8) is 0 Å². The van der Waals surface area contributed by atoms with E-state index in [1.54, 1.807) is 18.3 Å². The SMILES string of the molecule is Clc1nc2ncccc2o1. The first-order chi connectivity index (χ1) is 4.86. The van der Waals surface area contributed by atoms with E-state index in [1.807, 2.05) is 0 Å². The molecule has 0 saturated heterocycles. The first-order valence-electron chi connectivity index (χ1n) is 2.73. The van der Waals surface area contributed by atoms with Crippen LogP contribution in [-0.4, -0.2) is 9.97 Å². The average Bonchev–Trinajstić information content (AvgIpc) is 2.27. The van der Waals surface area contributed by atoms with Crippen LogP contribution in [-0.2, 0) is 0 Å². The summed E-state index contributed by atoms with van der Waals surface area (Å²) in [5.41, 5.74) is 1.17. The van der Waals surface area contributed by atoms with E-state index >= 15 is 0 Å². The molecule has 4 heteroatoms. The highest BCUT2D eigenvalue weighted by Crippen LogP contribution is 2.15. The van der Waals surface area contributed by atoms with Gasteiger partial charge in [-0.25, -0.2) is 4.98 Å². The average molecular weight is 155 g/mol. The lowest BCUT2D eigenvalue weighted by atomic mass is 10.5. The monoisotopic (exact) mass is 154 g/mol. The predicted octanol–water partition coefficient (Wildman–Crippen LogP) is 1.88. The first-order valence-corrected chi connectivity index (χ1v) is 3.11. The van der Waals surface area contributed by atoms with Gasteiger partial charge in [0.1, 0.15) is 0 Å². The van der Waals surface area contributed by atoms with Crippen LogP contribution in [0.1, 0.15) is 0 Å². The third kappa shape index (κ3) is 0.752. The Hall–Kier alpha value is -1.09. The molecule has 50 valence electrons. The number of rotatable bonds is 0. The van der Waals surface area contributed by atoms with Crippen LogP contribution < -0.4 is 0 Å². The van der Waals surface area contributed by atoms with E-state index < -0.39 is 0 Å². The van der Waals surface area contributed by atoms with Gasteiger partial charge in [-0.15, -0.1) is 0 Å². The maximum absolute atomic E-state index is 5.47. The van der Waals surface area contributed by atoms with Crippen LogP contribution in [0.3, 0.4) is 0 Å². The molecule has 10 heavy (non-hydrogen) atoms. The van der Waals surface area contributed by atoms with E-state index in [0.717, 1.165) is 0 Å². The van der Waals surface area contributed by atoms with Crippen LogP contribution in [0.5, 0.6) is 0 Å². The Morgan fingerprint density at radius 3 is 3.20 bits per heavy atom. The lowest BCUT2D eigenvalue weighted by molar-refractivity contribution is 0.604. The minimum Gasteiger partial charge on any atom is -0.426 e. The molecule has 0 unspecified atom stereocenters. The fourth-order valence-corrected chi connectivity index (χ4v) is 0.906. The highest BCUT2D eigenvalue weighted by atomic mass is 35.5. The van der Waals surface area contributed by atoms with Crippen LogP contribution in [0.15, 0.2) is 22.7 Å². The van der Waals surface area contributed by atoms with Crippen molar-refractivity contribution in [3.8, 4) is 0 Å². The number of halogens is 1. The van der Waals surface area contributed by atoms with Crippen molar-refractivity contribution < 1.29 is 4.42 Å². The van der Waals surface area contributed by atoms with Gasteiger partial charge in [-0.3, -0.25) is 0 Å². The number of nitrogens with zero attached hydrogens (tertiary/aromatic N) is 2. The Labute approximate surface area is 61.6 Å². The van der Waals surface area contributed by atoms with Crippen LogP contribution in [0.2, 0.25) is 5.35 Å². The molecule has 0 radical (unpaired) electrons. The normalized spacial score (nSPS) is 10.5. The molecule has 3 nitrogen and oxygen atoms in total. The molecule has 0 saturated carbocycles. The number of hydrogen-bond donors (Lipinski definition) is 0. The van der Waals surface area contributed by atoms with E-state index in [9.17, 15) is 0 Å². The molecule has 0 atom stereocenters. The molecule has 2 rings (SSSR count). The van der Waals surface area contributed by atoms with Crippen LogP contribution in [0.4, 0.5) is 0 Å². The number of fused-ring (bicyclic) bond motifs is 1. The van der Waals surface area contributed by atoms with Gasteiger partial charge < -0.3 is 4.42 Å². The van der Waals surface area contributed by atoms with Crippen LogP contribution >= 0.6 is 11.6 Å². The molecular weight excluding hydrogens is 152 g/mol. The Bertz CT molecular complexity index is 324. The molecule has 0 aromatic carbocycles. The van der Waals surface area contributed by atoms with Crippen LogP contribution in [0, 0.1) is 0 Å². The highest BCUT2D eigenvalue weighted by molar-refractivity contribution is 6.28. The molecule has 0 aliphatic carbocycles. The van der Waals surface area contributed by atoms with E-state index in [1.165, 1.54) is 0 Å². The highest BCUT2D eigenvalue weighted by Gasteiger charge is 2.00. The topological polar surface area (TPSA) is 38.9 Å². The molecule has 0 aliphatic heterocycles. The quantitative estimate of drug-likeness (QED) is 0.582. The number of aromatic nitrogens is 2. The van der Waals surface area contributed by atoms with E-state index in [0.29, 0.717) is 11.2 Å². The lowest BCUT2D eigenvalue weighted by Gasteiger charge is -1.78. The van der Waals surface area contributed by atoms with Gasteiger partial charge in [-0.2, -0.15) is 4.98 Å². The van der Waals surface area contributed by atoms with Crippen LogP contribution in [0.25, 0.3) is 11.2 Å². The minimum atomic E-state index is 0.133. The molecule has 0 bridgehead atoms. The lowest BCUT2D eigenvalue weighted by Crippen LogP contribution is -1.71. The van der Waals surface area contributed by atoms with Gasteiger partial charge in [-0.1, -0.05) is 0 Å². The van der Waals surface area contributed by atoms with Gasteiger partial charge in [0.05, 0.1) is 0 Å². The second-order valence-electron chi connectivity index (χ2n) is 1.79. The molecular formula is C6H3ClN2O. The van der Waals surface area contributed by atoms with Gasteiger partial charge in [-0.05, 0) is 23.7 Å². The summed E-state index contributed by atoms with van der Waals surface area (Å²) in [7, 11) is 0. The van der Waals surface area contributed by atoms with Gasteiger partial charge in [0.2, 0.25) is 0 Å². The van der Waals surface area contributed by atoms with Crippen molar-refractivity contribution in [2.24, 2.45) is 0 Å². The molecule has 2 heterocycles. The van der Waals surface area contributed by atoms with E-state index in [-0.39, 0.29) is 5.35 Å². The summed E-state index contributed by atoms with van der Waals surface area (Å²) >= 11 is 5.47. The molecule has 2 aromatic heterocycles. The summed E-state index contributed by atoms with van der Waals surface area (Å²) in [6, 6.07) is 3.53. The second-order valence-corrected chi connectivity index (χ2v) is 2.12. The van der Waals surface area contributed by atoms with Gasteiger partial charge >= 0.3 is 0 Å². The Balaban J connectivity index is 2.88. The number of pyridine rings is 1. The zero-order valence-electron chi connectivity index (χ0n) is 4.91.